The van der Waals surface area contributed by atoms with E-state index in [1.165, 1.54) is 19.9 Å². The topological polar surface area (TPSA) is 142 Å². The zero-order valence-corrected chi connectivity index (χ0v) is 30.5. The number of rotatable bonds is 10. The van der Waals surface area contributed by atoms with Crippen molar-refractivity contribution in [3.8, 4) is 33.6 Å². The number of carbonyl (C=O) groups is 3. The molecule has 0 saturated carbocycles. The van der Waals surface area contributed by atoms with Gasteiger partial charge in [0.2, 0.25) is 5.91 Å². The summed E-state index contributed by atoms with van der Waals surface area (Å²) in [4.78, 5) is 62.5. The first-order valence-corrected chi connectivity index (χ1v) is 19.0. The molecule has 0 unspecified atom stereocenters. The Morgan fingerprint density at radius 2 is 1.20 bits per heavy atom. The van der Waals surface area contributed by atoms with Crippen molar-refractivity contribution < 1.29 is 19.5 Å². The van der Waals surface area contributed by atoms with Crippen molar-refractivity contribution in [2.24, 2.45) is 0 Å². The fourth-order valence-electron chi connectivity index (χ4n) is 8.31. The molecule has 3 fully saturated rings. The molecule has 3 amide bonds. The van der Waals surface area contributed by atoms with Gasteiger partial charge in [0.25, 0.3) is 5.91 Å². The standard InChI is InChI=1S/C42H46N8O4/c1-47(42(53)54)38(32-9-3-2-4-10-32)41(52)50-24-8-12-36(50)40-44-26-34(46-40)31-19-15-29(16-20-31)28-13-17-30(18-14-28)33-25-43-39(45-33)35-11-7-23-49(35)37(51)27-48-21-5-6-22-48/h2-4,9-10,13-20,25-26,35-36,38H,5-8,11-12,21-24,27H2,1H3,(H,43,45)(H,44,46)(H,53,54)/t35-,36-,38+/m0/s1. The summed E-state index contributed by atoms with van der Waals surface area (Å²) in [5, 5.41) is 9.78. The van der Waals surface area contributed by atoms with Crippen molar-refractivity contribution >= 4 is 17.9 Å². The fraction of sp³-hybridized carbons (Fsp3) is 0.357. The van der Waals surface area contributed by atoms with Crippen LogP contribution in [0.25, 0.3) is 33.6 Å². The van der Waals surface area contributed by atoms with Crippen molar-refractivity contribution in [1.82, 2.24) is 39.5 Å². The maximum absolute atomic E-state index is 13.9. The van der Waals surface area contributed by atoms with Crippen molar-refractivity contribution in [3.63, 3.8) is 0 Å². The third-order valence-corrected chi connectivity index (χ3v) is 11.3. The van der Waals surface area contributed by atoms with Gasteiger partial charge in [-0.2, -0.15) is 0 Å². The minimum absolute atomic E-state index is 0.00462. The summed E-state index contributed by atoms with van der Waals surface area (Å²) in [6, 6.07) is 24.5. The summed E-state index contributed by atoms with van der Waals surface area (Å²) >= 11 is 0. The van der Waals surface area contributed by atoms with E-state index in [9.17, 15) is 19.5 Å². The van der Waals surface area contributed by atoms with Crippen LogP contribution in [-0.2, 0) is 9.59 Å². The predicted molar refractivity (Wildman–Crippen MR) is 205 cm³/mol. The number of hydrogen-bond donors (Lipinski definition) is 3. The number of imidazole rings is 2. The maximum Gasteiger partial charge on any atom is 0.407 e. The molecule has 3 aliphatic rings. The van der Waals surface area contributed by atoms with Gasteiger partial charge in [0.05, 0.1) is 42.4 Å². The molecule has 0 aliphatic carbocycles. The van der Waals surface area contributed by atoms with Crippen molar-refractivity contribution in [1.29, 1.82) is 0 Å². The number of nitrogens with one attached hydrogen (secondary N) is 2. The summed E-state index contributed by atoms with van der Waals surface area (Å²) in [5.41, 5.74) is 6.60. The van der Waals surface area contributed by atoms with Gasteiger partial charge in [0.1, 0.15) is 17.7 Å². The third kappa shape index (κ3) is 7.13. The summed E-state index contributed by atoms with van der Waals surface area (Å²) in [5.74, 6) is 1.49. The highest BCUT2D eigenvalue weighted by molar-refractivity contribution is 5.87. The van der Waals surface area contributed by atoms with Gasteiger partial charge in [-0.15, -0.1) is 0 Å². The van der Waals surface area contributed by atoms with E-state index in [2.05, 4.69) is 68.4 Å². The molecule has 3 atom stereocenters. The Balaban J connectivity index is 0.925. The molecular weight excluding hydrogens is 681 g/mol. The highest BCUT2D eigenvalue weighted by Crippen LogP contribution is 2.36. The average Bonchev–Trinajstić information content (AvgIpc) is 4.05. The van der Waals surface area contributed by atoms with Crippen LogP contribution in [0, 0.1) is 0 Å². The van der Waals surface area contributed by atoms with Gasteiger partial charge in [0.15, 0.2) is 0 Å². The lowest BCUT2D eigenvalue weighted by Gasteiger charge is -2.32. The molecule has 3 aromatic carbocycles. The van der Waals surface area contributed by atoms with E-state index in [-0.39, 0.29) is 23.9 Å². The Morgan fingerprint density at radius 3 is 1.74 bits per heavy atom. The second kappa shape index (κ2) is 15.3. The van der Waals surface area contributed by atoms with E-state index in [4.69, 9.17) is 4.98 Å². The molecule has 2 aromatic heterocycles. The summed E-state index contributed by atoms with van der Waals surface area (Å²) in [7, 11) is 1.44. The first kappa shape index (κ1) is 35.3. The molecule has 3 N–H and O–H groups in total. The van der Waals surface area contributed by atoms with E-state index in [1.807, 2.05) is 29.3 Å². The van der Waals surface area contributed by atoms with Crippen LogP contribution < -0.4 is 0 Å². The van der Waals surface area contributed by atoms with Gasteiger partial charge >= 0.3 is 6.09 Å². The fourth-order valence-corrected chi connectivity index (χ4v) is 8.31. The number of likely N-dealkylation sites (N-methyl/N-ethyl adjacent to an activating group) is 1. The van der Waals surface area contributed by atoms with Gasteiger partial charge < -0.3 is 24.9 Å². The predicted octanol–water partition coefficient (Wildman–Crippen LogP) is 6.91. The van der Waals surface area contributed by atoms with E-state index in [1.54, 1.807) is 23.2 Å². The SMILES string of the molecule is CN(C(=O)O)[C@@H](C(=O)N1CCC[C@H]1c1ncc(-c2ccc(-c3ccc(-c4cnc([C@@H]5CCCN5C(=O)CN5CCCC5)[nH]4)cc3)cc2)[nH]1)c1ccccc1. The molecule has 5 heterocycles. The molecule has 54 heavy (non-hydrogen) atoms. The quantitative estimate of drug-likeness (QED) is 0.142. The number of likely N-dealkylation sites (tertiary alicyclic amines) is 3. The zero-order valence-electron chi connectivity index (χ0n) is 30.5. The van der Waals surface area contributed by atoms with Gasteiger partial charge in [-0.1, -0.05) is 78.9 Å². The number of amides is 3. The lowest BCUT2D eigenvalue weighted by Crippen LogP contribution is -2.43. The summed E-state index contributed by atoms with van der Waals surface area (Å²) in [6.07, 6.45) is 8.32. The highest BCUT2D eigenvalue weighted by atomic mass is 16.4. The normalized spacial score (nSPS) is 19.4. The van der Waals surface area contributed by atoms with E-state index in [0.717, 1.165) is 89.7 Å². The Bertz CT molecular complexity index is 2090. The summed E-state index contributed by atoms with van der Waals surface area (Å²) in [6.45, 7) is 3.84. The number of hydrogen-bond acceptors (Lipinski definition) is 6. The van der Waals surface area contributed by atoms with Crippen LogP contribution in [0.5, 0.6) is 0 Å². The molecule has 12 nitrogen and oxygen atoms in total. The van der Waals surface area contributed by atoms with Crippen LogP contribution in [0.2, 0.25) is 0 Å². The number of carboxylic acid groups (broad SMARTS) is 1. The average molecular weight is 727 g/mol. The van der Waals surface area contributed by atoms with Gasteiger partial charge in [0, 0.05) is 20.1 Å². The Kier molecular flexibility index (Phi) is 10.0. The second-order valence-corrected chi connectivity index (χ2v) is 14.6. The minimum atomic E-state index is -1.16. The summed E-state index contributed by atoms with van der Waals surface area (Å²) < 4.78 is 0. The van der Waals surface area contributed by atoms with Crippen LogP contribution in [0.3, 0.4) is 0 Å². The highest BCUT2D eigenvalue weighted by Gasteiger charge is 2.39. The first-order valence-electron chi connectivity index (χ1n) is 19.0. The van der Waals surface area contributed by atoms with Crippen LogP contribution in [0.15, 0.2) is 91.3 Å². The Morgan fingerprint density at radius 1 is 0.704 bits per heavy atom. The van der Waals surface area contributed by atoms with Gasteiger partial charge in [-0.25, -0.2) is 14.8 Å². The molecular formula is C42H46N8O4. The number of aromatic amines is 2. The first-order chi connectivity index (χ1) is 26.3. The van der Waals surface area contributed by atoms with Gasteiger partial charge in [-0.05, 0) is 79.4 Å². The number of nitrogens with zero attached hydrogens (tertiary/aromatic N) is 6. The minimum Gasteiger partial charge on any atom is -0.465 e. The van der Waals surface area contributed by atoms with E-state index >= 15 is 0 Å². The molecule has 12 heteroatoms. The molecule has 3 aliphatic heterocycles. The molecule has 8 rings (SSSR count). The van der Waals surface area contributed by atoms with Gasteiger partial charge in [-0.3, -0.25) is 19.4 Å². The Labute approximate surface area is 314 Å². The van der Waals surface area contributed by atoms with Crippen molar-refractivity contribution in [3.05, 3.63) is 108 Å². The molecule has 3 saturated heterocycles. The number of H-pyrrole nitrogens is 2. The second-order valence-electron chi connectivity index (χ2n) is 14.6. The Hall–Kier alpha value is -5.75. The number of aromatic nitrogens is 4. The van der Waals surface area contributed by atoms with Crippen LogP contribution >= 0.6 is 0 Å². The maximum atomic E-state index is 13.9. The van der Waals surface area contributed by atoms with Crippen LogP contribution in [-0.4, -0.2) is 102 Å². The zero-order chi connectivity index (χ0) is 37.2. The molecule has 0 radical (unpaired) electrons. The largest absolute Gasteiger partial charge is 0.465 e. The van der Waals surface area contributed by atoms with Crippen LogP contribution in [0.4, 0.5) is 4.79 Å². The molecule has 0 spiro atoms. The van der Waals surface area contributed by atoms with E-state index < -0.39 is 12.1 Å². The number of benzene rings is 3. The molecule has 278 valence electrons. The molecule has 0 bridgehead atoms. The third-order valence-electron chi connectivity index (χ3n) is 11.3. The van der Waals surface area contributed by atoms with Crippen LogP contribution in [0.1, 0.15) is 73.9 Å². The lowest BCUT2D eigenvalue weighted by molar-refractivity contribution is -0.137. The van der Waals surface area contributed by atoms with Crippen molar-refractivity contribution in [2.45, 2.75) is 56.7 Å². The lowest BCUT2D eigenvalue weighted by atomic mass is 10.0. The van der Waals surface area contributed by atoms with E-state index in [0.29, 0.717) is 24.5 Å². The smallest absolute Gasteiger partial charge is 0.407 e. The number of carbonyl (C=O) groups excluding carboxylic acids is 2. The van der Waals surface area contributed by atoms with Crippen molar-refractivity contribution in [2.75, 3.05) is 39.8 Å². The molecule has 5 aromatic rings. The monoisotopic (exact) mass is 726 g/mol.